The highest BCUT2D eigenvalue weighted by atomic mass is 16.5. The zero-order valence-corrected chi connectivity index (χ0v) is 14.6. The summed E-state index contributed by atoms with van der Waals surface area (Å²) in [6.45, 7) is 6.44. The second kappa shape index (κ2) is 9.87. The van der Waals surface area contributed by atoms with Gasteiger partial charge in [-0.25, -0.2) is 0 Å². The third-order valence-electron chi connectivity index (χ3n) is 3.84. The maximum atomic E-state index is 12.2. The van der Waals surface area contributed by atoms with E-state index in [2.05, 4.69) is 12.2 Å². The molecule has 0 aromatic heterocycles. The smallest absolute Gasteiger partial charge is 0.242 e. The molecule has 5 nitrogen and oxygen atoms in total. The highest BCUT2D eigenvalue weighted by Gasteiger charge is 2.23. The predicted molar refractivity (Wildman–Crippen MR) is 91.2 cm³/mol. The van der Waals surface area contributed by atoms with Crippen LogP contribution in [-0.4, -0.2) is 36.4 Å². The minimum atomic E-state index is -0.490. The van der Waals surface area contributed by atoms with Crippen molar-refractivity contribution in [3.05, 3.63) is 29.8 Å². The molecule has 0 aliphatic heterocycles. The fourth-order valence-corrected chi connectivity index (χ4v) is 2.32. The van der Waals surface area contributed by atoms with Crippen LogP contribution in [0.4, 0.5) is 0 Å². The van der Waals surface area contributed by atoms with Crippen LogP contribution in [0.15, 0.2) is 24.3 Å². The van der Waals surface area contributed by atoms with Gasteiger partial charge in [0.05, 0.1) is 7.11 Å². The summed E-state index contributed by atoms with van der Waals surface area (Å²) >= 11 is 0. The number of carbonyl (C=O) groups excluding carboxylic acids is 2. The number of ether oxygens (including phenoxy) is 1. The standard InChI is InChI=1S/C18H28N2O3/c1-5-6-7-12-19-18(22)14(2)20(15(3)21)13-16-8-10-17(23-4)11-9-16/h8-11,14H,5-7,12-13H2,1-4H3,(H,19,22)/t14-/m1/s1. The SMILES string of the molecule is CCCCCNC(=O)[C@@H](C)N(Cc1ccc(OC)cc1)C(C)=O. The Bertz CT molecular complexity index is 499. The molecule has 0 saturated heterocycles. The first-order valence-electron chi connectivity index (χ1n) is 8.17. The van der Waals surface area contributed by atoms with Crippen LogP contribution in [0, 0.1) is 0 Å². The van der Waals surface area contributed by atoms with E-state index in [1.54, 1.807) is 18.9 Å². The fraction of sp³-hybridized carbons (Fsp3) is 0.556. The third-order valence-corrected chi connectivity index (χ3v) is 3.84. The van der Waals surface area contributed by atoms with Gasteiger partial charge in [-0.05, 0) is 31.0 Å². The van der Waals surface area contributed by atoms with Gasteiger partial charge >= 0.3 is 0 Å². The molecular weight excluding hydrogens is 292 g/mol. The molecule has 1 rings (SSSR count). The monoisotopic (exact) mass is 320 g/mol. The Morgan fingerprint density at radius 3 is 2.39 bits per heavy atom. The van der Waals surface area contributed by atoms with Gasteiger partial charge in [0.15, 0.2) is 0 Å². The van der Waals surface area contributed by atoms with Crippen molar-refractivity contribution in [1.82, 2.24) is 10.2 Å². The molecule has 0 saturated carbocycles. The molecule has 0 aliphatic rings. The molecule has 1 N–H and O–H groups in total. The molecular formula is C18H28N2O3. The van der Waals surface area contributed by atoms with E-state index < -0.39 is 6.04 Å². The molecule has 0 bridgehead atoms. The number of nitrogens with one attached hydrogen (secondary N) is 1. The summed E-state index contributed by atoms with van der Waals surface area (Å²) < 4.78 is 5.13. The van der Waals surface area contributed by atoms with Crippen molar-refractivity contribution in [1.29, 1.82) is 0 Å². The molecule has 5 heteroatoms. The largest absolute Gasteiger partial charge is 0.497 e. The quantitative estimate of drug-likeness (QED) is 0.712. The van der Waals surface area contributed by atoms with Gasteiger partial charge in [0.25, 0.3) is 0 Å². The second-order valence-electron chi connectivity index (χ2n) is 5.67. The number of methoxy groups -OCH3 is 1. The van der Waals surface area contributed by atoms with Crippen LogP contribution in [0.5, 0.6) is 5.75 Å². The van der Waals surface area contributed by atoms with Crippen LogP contribution in [0.1, 0.15) is 45.6 Å². The maximum Gasteiger partial charge on any atom is 0.242 e. The summed E-state index contributed by atoms with van der Waals surface area (Å²) in [6, 6.07) is 7.02. The average Bonchev–Trinajstić information content (AvgIpc) is 2.56. The van der Waals surface area contributed by atoms with E-state index in [1.807, 2.05) is 24.3 Å². The Morgan fingerprint density at radius 2 is 1.87 bits per heavy atom. The molecule has 2 amide bonds. The summed E-state index contributed by atoms with van der Waals surface area (Å²) in [5.41, 5.74) is 0.964. The topological polar surface area (TPSA) is 58.6 Å². The molecule has 128 valence electrons. The Morgan fingerprint density at radius 1 is 1.22 bits per heavy atom. The molecule has 0 radical (unpaired) electrons. The highest BCUT2D eigenvalue weighted by molar-refractivity contribution is 5.86. The summed E-state index contributed by atoms with van der Waals surface area (Å²) in [5, 5.41) is 2.90. The van der Waals surface area contributed by atoms with Crippen molar-refractivity contribution < 1.29 is 14.3 Å². The normalized spacial score (nSPS) is 11.7. The Balaban J connectivity index is 2.65. The zero-order valence-electron chi connectivity index (χ0n) is 14.6. The first kappa shape index (κ1) is 19.0. The van der Waals surface area contributed by atoms with Gasteiger partial charge in [-0.15, -0.1) is 0 Å². The van der Waals surface area contributed by atoms with Gasteiger partial charge < -0.3 is 15.0 Å². The molecule has 0 fully saturated rings. The van der Waals surface area contributed by atoms with Gasteiger partial charge in [0, 0.05) is 20.0 Å². The summed E-state index contributed by atoms with van der Waals surface area (Å²) in [6.07, 6.45) is 3.17. The number of hydrogen-bond donors (Lipinski definition) is 1. The van der Waals surface area contributed by atoms with Crippen molar-refractivity contribution >= 4 is 11.8 Å². The highest BCUT2D eigenvalue weighted by Crippen LogP contribution is 2.14. The summed E-state index contributed by atoms with van der Waals surface area (Å²) in [5.74, 6) is 0.548. The zero-order chi connectivity index (χ0) is 17.2. The summed E-state index contributed by atoms with van der Waals surface area (Å²) in [7, 11) is 1.61. The Labute approximate surface area is 139 Å². The molecule has 0 aliphatic carbocycles. The maximum absolute atomic E-state index is 12.2. The Hall–Kier alpha value is -2.04. The number of hydrogen-bond acceptors (Lipinski definition) is 3. The summed E-state index contributed by atoms with van der Waals surface area (Å²) in [4.78, 5) is 25.7. The van der Waals surface area contributed by atoms with Crippen molar-refractivity contribution in [3.8, 4) is 5.75 Å². The number of unbranched alkanes of at least 4 members (excludes halogenated alkanes) is 2. The molecule has 1 aromatic rings. The number of carbonyl (C=O) groups is 2. The van der Waals surface area contributed by atoms with Crippen molar-refractivity contribution in [2.24, 2.45) is 0 Å². The minimum Gasteiger partial charge on any atom is -0.497 e. The van der Waals surface area contributed by atoms with Gasteiger partial charge in [-0.1, -0.05) is 31.9 Å². The molecule has 1 atom stereocenters. The Kier molecular flexibility index (Phi) is 8.16. The van der Waals surface area contributed by atoms with E-state index in [1.165, 1.54) is 6.92 Å². The molecule has 0 spiro atoms. The molecule has 0 heterocycles. The van der Waals surface area contributed by atoms with E-state index in [0.717, 1.165) is 30.6 Å². The first-order valence-corrected chi connectivity index (χ1v) is 8.17. The molecule has 23 heavy (non-hydrogen) atoms. The lowest BCUT2D eigenvalue weighted by atomic mass is 10.1. The average molecular weight is 320 g/mol. The van der Waals surface area contributed by atoms with Gasteiger partial charge in [0.2, 0.25) is 11.8 Å². The van der Waals surface area contributed by atoms with E-state index in [9.17, 15) is 9.59 Å². The van der Waals surface area contributed by atoms with Crippen LogP contribution in [0.2, 0.25) is 0 Å². The first-order chi connectivity index (χ1) is 11.0. The lowest BCUT2D eigenvalue weighted by Gasteiger charge is -2.27. The lowest BCUT2D eigenvalue weighted by molar-refractivity contribution is -0.138. The van der Waals surface area contributed by atoms with Crippen LogP contribution in [0.3, 0.4) is 0 Å². The number of amides is 2. The van der Waals surface area contributed by atoms with Crippen molar-refractivity contribution in [2.75, 3.05) is 13.7 Å². The fourth-order valence-electron chi connectivity index (χ4n) is 2.32. The van der Waals surface area contributed by atoms with E-state index in [-0.39, 0.29) is 11.8 Å². The van der Waals surface area contributed by atoms with Crippen LogP contribution < -0.4 is 10.1 Å². The minimum absolute atomic E-state index is 0.107. The van der Waals surface area contributed by atoms with Gasteiger partial charge in [-0.3, -0.25) is 9.59 Å². The number of nitrogens with zero attached hydrogens (tertiary/aromatic N) is 1. The van der Waals surface area contributed by atoms with Gasteiger partial charge in [-0.2, -0.15) is 0 Å². The van der Waals surface area contributed by atoms with Crippen molar-refractivity contribution in [2.45, 2.75) is 52.6 Å². The predicted octanol–water partition coefficient (Wildman–Crippen LogP) is 2.74. The van der Waals surface area contributed by atoms with Gasteiger partial charge in [0.1, 0.15) is 11.8 Å². The van der Waals surface area contributed by atoms with E-state index in [4.69, 9.17) is 4.74 Å². The number of benzene rings is 1. The van der Waals surface area contributed by atoms with Crippen LogP contribution in [0.25, 0.3) is 0 Å². The molecule has 1 aromatic carbocycles. The molecule has 0 unspecified atom stereocenters. The van der Waals surface area contributed by atoms with Crippen LogP contribution >= 0.6 is 0 Å². The van der Waals surface area contributed by atoms with E-state index >= 15 is 0 Å². The van der Waals surface area contributed by atoms with E-state index in [0.29, 0.717) is 13.1 Å². The third kappa shape index (κ3) is 6.30. The number of rotatable bonds is 9. The second-order valence-corrected chi connectivity index (χ2v) is 5.67. The van der Waals surface area contributed by atoms with Crippen molar-refractivity contribution in [3.63, 3.8) is 0 Å². The lowest BCUT2D eigenvalue weighted by Crippen LogP contribution is -2.47. The van der Waals surface area contributed by atoms with Crippen LogP contribution in [-0.2, 0) is 16.1 Å².